The second-order valence-corrected chi connectivity index (χ2v) is 5.60. The fourth-order valence-electron chi connectivity index (χ4n) is 2.94. The van der Waals surface area contributed by atoms with Gasteiger partial charge in [-0.2, -0.15) is 0 Å². The van der Waals surface area contributed by atoms with Crippen LogP contribution in [-0.4, -0.2) is 22.5 Å². The van der Waals surface area contributed by atoms with Crippen LogP contribution in [0.1, 0.15) is 28.4 Å². The van der Waals surface area contributed by atoms with Crippen LogP contribution >= 0.6 is 0 Å². The fourth-order valence-corrected chi connectivity index (χ4v) is 2.94. The molecule has 24 heavy (non-hydrogen) atoms. The number of rotatable bonds is 2. The number of nitrogens with zero attached hydrogens (tertiary/aromatic N) is 2. The van der Waals surface area contributed by atoms with Crippen LogP contribution < -0.4 is 10.1 Å². The monoisotopic (exact) mass is 323 g/mol. The van der Waals surface area contributed by atoms with Crippen molar-refractivity contribution in [3.8, 4) is 5.75 Å². The van der Waals surface area contributed by atoms with E-state index in [2.05, 4.69) is 15.3 Å². The van der Waals surface area contributed by atoms with E-state index in [9.17, 15) is 9.18 Å². The van der Waals surface area contributed by atoms with E-state index in [1.54, 1.807) is 36.8 Å². The van der Waals surface area contributed by atoms with Crippen molar-refractivity contribution in [2.24, 2.45) is 0 Å². The first-order chi connectivity index (χ1) is 11.7. The summed E-state index contributed by atoms with van der Waals surface area (Å²) >= 11 is 0. The van der Waals surface area contributed by atoms with Crippen molar-refractivity contribution in [2.75, 3.05) is 6.61 Å². The van der Waals surface area contributed by atoms with Crippen LogP contribution in [0.2, 0.25) is 0 Å². The fraction of sp³-hybridized carbons (Fsp3) is 0.167. The van der Waals surface area contributed by atoms with E-state index in [0.717, 1.165) is 0 Å². The summed E-state index contributed by atoms with van der Waals surface area (Å²) in [6.07, 6.45) is 5.43. The molecule has 0 saturated carbocycles. The van der Waals surface area contributed by atoms with Gasteiger partial charge in [-0.05, 0) is 30.3 Å². The Hall–Kier alpha value is -3.02. The molecule has 0 radical (unpaired) electrons. The highest BCUT2D eigenvalue weighted by Gasteiger charge is 2.24. The number of halogens is 1. The van der Waals surface area contributed by atoms with Crippen molar-refractivity contribution < 1.29 is 13.9 Å². The van der Waals surface area contributed by atoms with Gasteiger partial charge in [-0.3, -0.25) is 14.8 Å². The summed E-state index contributed by atoms with van der Waals surface area (Å²) in [5.74, 6) is 0.0174. The molecule has 2 aromatic heterocycles. The first kappa shape index (κ1) is 14.6. The van der Waals surface area contributed by atoms with E-state index in [1.807, 2.05) is 0 Å². The number of ether oxygens (including phenoxy) is 1. The van der Waals surface area contributed by atoms with Gasteiger partial charge in [0, 0.05) is 36.0 Å². The molecular formula is C18H14FN3O2. The Morgan fingerprint density at radius 1 is 1.25 bits per heavy atom. The van der Waals surface area contributed by atoms with Gasteiger partial charge in [0.15, 0.2) is 0 Å². The maximum atomic E-state index is 13.6. The quantitative estimate of drug-likeness (QED) is 0.787. The molecular weight excluding hydrogens is 309 g/mol. The Bertz CT molecular complexity index is 924. The Balaban J connectivity index is 1.67. The van der Waals surface area contributed by atoms with Gasteiger partial charge in [-0.25, -0.2) is 4.39 Å². The third-order valence-electron chi connectivity index (χ3n) is 4.10. The van der Waals surface area contributed by atoms with Gasteiger partial charge in [0.1, 0.15) is 11.6 Å². The molecule has 4 rings (SSSR count). The van der Waals surface area contributed by atoms with E-state index in [-0.39, 0.29) is 17.8 Å². The summed E-state index contributed by atoms with van der Waals surface area (Å²) in [5, 5.41) is 3.65. The average Bonchev–Trinajstić information content (AvgIpc) is 2.61. The lowest BCUT2D eigenvalue weighted by Crippen LogP contribution is -2.32. The van der Waals surface area contributed by atoms with Crippen molar-refractivity contribution in [2.45, 2.75) is 12.5 Å². The lowest BCUT2D eigenvalue weighted by molar-refractivity contribution is 0.0926. The molecule has 1 N–H and O–H groups in total. The average molecular weight is 323 g/mol. The number of amides is 1. The largest absolute Gasteiger partial charge is 0.493 e. The van der Waals surface area contributed by atoms with Crippen molar-refractivity contribution in [1.82, 2.24) is 15.3 Å². The van der Waals surface area contributed by atoms with Crippen LogP contribution in [0.15, 0.2) is 48.9 Å². The molecule has 0 spiro atoms. The highest BCUT2D eigenvalue weighted by molar-refractivity contribution is 6.05. The van der Waals surface area contributed by atoms with Gasteiger partial charge in [-0.15, -0.1) is 0 Å². The highest BCUT2D eigenvalue weighted by Crippen LogP contribution is 2.32. The number of hydrogen-bond donors (Lipinski definition) is 1. The van der Waals surface area contributed by atoms with Crippen LogP contribution in [0.4, 0.5) is 4.39 Å². The van der Waals surface area contributed by atoms with Gasteiger partial charge in [0.25, 0.3) is 5.91 Å². The van der Waals surface area contributed by atoms with Gasteiger partial charge >= 0.3 is 0 Å². The lowest BCUT2D eigenvalue weighted by Gasteiger charge is -2.26. The SMILES string of the molecule is O=C(NC1CCOc2ccc(F)cc21)c1ccnc2ccncc12. The van der Waals surface area contributed by atoms with Crippen molar-refractivity contribution >= 4 is 16.8 Å². The first-order valence-electron chi connectivity index (χ1n) is 7.64. The van der Waals surface area contributed by atoms with Crippen LogP contribution in [0, 0.1) is 5.82 Å². The van der Waals surface area contributed by atoms with Gasteiger partial charge < -0.3 is 10.1 Å². The molecule has 5 nitrogen and oxygen atoms in total. The third-order valence-corrected chi connectivity index (χ3v) is 4.10. The minimum absolute atomic E-state index is 0.238. The molecule has 1 amide bonds. The zero-order valence-corrected chi connectivity index (χ0v) is 12.7. The van der Waals surface area contributed by atoms with Crippen LogP contribution in [0.3, 0.4) is 0 Å². The highest BCUT2D eigenvalue weighted by atomic mass is 19.1. The summed E-state index contributed by atoms with van der Waals surface area (Å²) in [4.78, 5) is 21.0. The normalized spacial score (nSPS) is 16.3. The van der Waals surface area contributed by atoms with Crippen molar-refractivity contribution in [3.05, 3.63) is 65.9 Å². The number of nitrogens with one attached hydrogen (secondary N) is 1. The Morgan fingerprint density at radius 2 is 2.17 bits per heavy atom. The van der Waals surface area contributed by atoms with Crippen LogP contribution in [-0.2, 0) is 0 Å². The van der Waals surface area contributed by atoms with Gasteiger partial charge in [0.05, 0.1) is 23.7 Å². The lowest BCUT2D eigenvalue weighted by atomic mass is 9.99. The predicted octanol–water partition coefficient (Wildman–Crippen LogP) is 3.02. The predicted molar refractivity (Wildman–Crippen MR) is 86.3 cm³/mol. The summed E-state index contributed by atoms with van der Waals surface area (Å²) in [7, 11) is 0. The minimum atomic E-state index is -0.350. The Morgan fingerprint density at radius 3 is 3.08 bits per heavy atom. The smallest absolute Gasteiger partial charge is 0.252 e. The number of aromatic nitrogens is 2. The van der Waals surface area contributed by atoms with E-state index >= 15 is 0 Å². The molecule has 1 unspecified atom stereocenters. The molecule has 6 heteroatoms. The van der Waals surface area contributed by atoms with Crippen molar-refractivity contribution in [1.29, 1.82) is 0 Å². The Labute approximate surface area is 137 Å². The maximum Gasteiger partial charge on any atom is 0.252 e. The molecule has 0 bridgehead atoms. The minimum Gasteiger partial charge on any atom is -0.493 e. The standard InChI is InChI=1S/C18H14FN3O2/c19-11-1-2-17-13(9-11)16(5-8-24-17)22-18(23)12-3-7-21-15-4-6-20-10-14(12)15/h1-4,6-7,9-10,16H,5,8H2,(H,22,23). The number of carbonyl (C=O) groups excluding carboxylic acids is 1. The molecule has 1 aliphatic rings. The van der Waals surface area contributed by atoms with E-state index in [1.165, 1.54) is 12.1 Å². The summed E-state index contributed by atoms with van der Waals surface area (Å²) in [5.41, 5.74) is 1.86. The molecule has 1 atom stereocenters. The molecule has 0 saturated heterocycles. The van der Waals surface area contributed by atoms with E-state index < -0.39 is 0 Å². The van der Waals surface area contributed by atoms with E-state index in [0.29, 0.717) is 40.8 Å². The second kappa shape index (κ2) is 5.88. The Kier molecular flexibility index (Phi) is 3.57. The third kappa shape index (κ3) is 2.56. The number of pyridine rings is 2. The zero-order chi connectivity index (χ0) is 16.5. The molecule has 0 aliphatic carbocycles. The summed E-state index contributed by atoms with van der Waals surface area (Å²) < 4.78 is 19.1. The number of fused-ring (bicyclic) bond motifs is 2. The van der Waals surface area contributed by atoms with Gasteiger partial charge in [-0.1, -0.05) is 0 Å². The molecule has 120 valence electrons. The molecule has 3 aromatic rings. The van der Waals surface area contributed by atoms with Crippen LogP contribution in [0.5, 0.6) is 5.75 Å². The first-order valence-corrected chi connectivity index (χ1v) is 7.64. The van der Waals surface area contributed by atoms with Crippen molar-refractivity contribution in [3.63, 3.8) is 0 Å². The number of benzene rings is 1. The summed E-state index contributed by atoms with van der Waals surface area (Å²) in [6.45, 7) is 0.474. The molecule has 3 heterocycles. The molecule has 0 fully saturated rings. The topological polar surface area (TPSA) is 64.1 Å². The number of hydrogen-bond acceptors (Lipinski definition) is 4. The van der Waals surface area contributed by atoms with E-state index in [4.69, 9.17) is 4.74 Å². The maximum absolute atomic E-state index is 13.6. The van der Waals surface area contributed by atoms with Crippen LogP contribution in [0.25, 0.3) is 10.9 Å². The summed E-state index contributed by atoms with van der Waals surface area (Å²) in [6, 6.07) is 7.47. The van der Waals surface area contributed by atoms with Gasteiger partial charge in [0.2, 0.25) is 0 Å². The second-order valence-electron chi connectivity index (χ2n) is 5.60. The zero-order valence-electron chi connectivity index (χ0n) is 12.7. The molecule has 1 aromatic carbocycles. The number of carbonyl (C=O) groups is 1. The molecule has 1 aliphatic heterocycles.